The molecule has 28 heteroatoms. The first-order valence-electron chi connectivity index (χ1n) is 34.0. The van der Waals surface area contributed by atoms with Gasteiger partial charge < -0.3 is 70.2 Å². The van der Waals surface area contributed by atoms with Crippen LogP contribution in [0.25, 0.3) is 0 Å². The second kappa shape index (κ2) is 25.9. The van der Waals surface area contributed by atoms with Crippen molar-refractivity contribution in [2.45, 2.75) is 212 Å². The fourth-order valence-corrected chi connectivity index (χ4v) is 66.7. The summed E-state index contributed by atoms with van der Waals surface area (Å²) in [6, 6.07) is 3.09. The smallest absolute Gasteiger partial charge is 0.479 e. The summed E-state index contributed by atoms with van der Waals surface area (Å²) in [6.07, 6.45) is 8.29. The lowest BCUT2D eigenvalue weighted by molar-refractivity contribution is -0.121. The standard InChI is InChI=1S/C63H103N5O15Si8/c1-20-49-45(16)54-28-58-52(30-69)47(18)53(66-58)27-55-46(17)50(62(67-55)51-26-59(70)61-48(19)56(68-63(51)61)29-57(49)65-54)22-23-60(71)64-24-21-25-84-72-85(31-38(2)3)75-88(34-41(8)9)77-86(73-84,32-39(4)5)79-90(36-43(12)13)80-87(74-84,33-40(6)7)78-89(76-85,35-42(10)11)82-91(81-88,83-90)37-44(14)15/h27-29,38-44,46,50,67,69-70H,20-26,30-37H2,1-19H3,(H,64,71)/t46-,50-,84?,85?,86?,87?,88?,89?,90?,91?/m0/s1. The molecule has 12 aliphatic rings. The van der Waals surface area contributed by atoms with Crippen molar-refractivity contribution in [3.8, 4) is 0 Å². The zero-order valence-electron chi connectivity index (χ0n) is 57.6. The fraction of sp³-hybridized carbons (Fsp3) is 0.683. The third kappa shape index (κ3) is 13.9. The number of carbonyl (C=O) groups excluding carboxylic acids is 1. The van der Waals surface area contributed by atoms with Gasteiger partial charge >= 0.3 is 70.4 Å². The molecule has 0 aromatic rings. The van der Waals surface area contributed by atoms with Crippen LogP contribution in [0, 0.1) is 53.3 Å². The van der Waals surface area contributed by atoms with Crippen LogP contribution >= 0.6 is 0 Å². The van der Waals surface area contributed by atoms with E-state index in [2.05, 4.69) is 134 Å². The summed E-state index contributed by atoms with van der Waals surface area (Å²) in [4.78, 5) is 30.2. The van der Waals surface area contributed by atoms with Crippen molar-refractivity contribution in [2.75, 3.05) is 13.2 Å². The van der Waals surface area contributed by atoms with E-state index in [0.717, 1.165) is 85.4 Å². The molecule has 12 rings (SSSR count). The van der Waals surface area contributed by atoms with Crippen LogP contribution in [0.4, 0.5) is 0 Å². The summed E-state index contributed by atoms with van der Waals surface area (Å²) in [6.45, 7) is 40.6. The van der Waals surface area contributed by atoms with Gasteiger partial charge in [-0.15, -0.1) is 0 Å². The van der Waals surface area contributed by atoms with E-state index in [1.165, 1.54) is 0 Å². The highest BCUT2D eigenvalue weighted by Gasteiger charge is 2.83. The molecule has 0 radical (unpaired) electrons. The van der Waals surface area contributed by atoms with Gasteiger partial charge in [0.2, 0.25) is 5.91 Å². The third-order valence-electron chi connectivity index (χ3n) is 18.3. The Morgan fingerprint density at radius 1 is 0.571 bits per heavy atom. The van der Waals surface area contributed by atoms with Crippen LogP contribution in [-0.2, 0) is 54.2 Å². The van der Waals surface area contributed by atoms with Gasteiger partial charge in [-0.3, -0.25) is 4.79 Å². The minimum absolute atomic E-state index is 0.0177. The molecule has 2 atom stereocenters. The molecule has 20 nitrogen and oxygen atoms in total. The van der Waals surface area contributed by atoms with Gasteiger partial charge in [0.1, 0.15) is 5.76 Å². The zero-order chi connectivity index (χ0) is 65.8. The largest absolute Gasteiger partial charge is 0.511 e. The van der Waals surface area contributed by atoms with E-state index in [1.54, 1.807) is 0 Å². The molecule has 0 saturated carbocycles. The van der Waals surface area contributed by atoms with Crippen molar-refractivity contribution >= 4 is 93.5 Å². The molecule has 16 bridgehead atoms. The van der Waals surface area contributed by atoms with Gasteiger partial charge in [-0.05, 0) is 122 Å². The number of aliphatic hydroxyl groups is 2. The predicted octanol–water partition coefficient (Wildman–Crippen LogP) is 13.3. The van der Waals surface area contributed by atoms with Gasteiger partial charge in [0.05, 0.1) is 40.8 Å². The van der Waals surface area contributed by atoms with Crippen LogP contribution in [-0.4, -0.2) is 117 Å². The van der Waals surface area contributed by atoms with Gasteiger partial charge in [0.15, 0.2) is 0 Å². The van der Waals surface area contributed by atoms with Crippen LogP contribution in [0.5, 0.6) is 0 Å². The van der Waals surface area contributed by atoms with E-state index in [4.69, 9.17) is 64.4 Å². The van der Waals surface area contributed by atoms with Crippen molar-refractivity contribution in [1.82, 2.24) is 10.6 Å². The molecule has 0 unspecified atom stereocenters. The molecular weight excluding hydrogens is 1290 g/mol. The third-order valence-corrected chi connectivity index (χ3v) is 58.4. The maximum atomic E-state index is 14.6. The van der Waals surface area contributed by atoms with Crippen molar-refractivity contribution in [3.05, 3.63) is 91.5 Å². The van der Waals surface area contributed by atoms with E-state index in [0.29, 0.717) is 67.3 Å². The van der Waals surface area contributed by atoms with Crippen molar-refractivity contribution < 1.29 is 64.4 Å². The number of allylic oxidation sites excluding steroid dienone is 11. The van der Waals surface area contributed by atoms with E-state index in [1.807, 2.05) is 26.0 Å². The number of nitrogens with zero attached hydrogens (tertiary/aromatic N) is 3. The lowest BCUT2D eigenvalue weighted by Gasteiger charge is -2.64. The minimum Gasteiger partial charge on any atom is -0.511 e. The Morgan fingerprint density at radius 2 is 0.967 bits per heavy atom. The predicted molar refractivity (Wildman–Crippen MR) is 367 cm³/mol. The number of fused-ring (bicyclic) bond motifs is 5. The second-order valence-electron chi connectivity index (χ2n) is 30.1. The highest BCUT2D eigenvalue weighted by molar-refractivity contribution is 7.03. The molecule has 11 heterocycles. The Kier molecular flexibility index (Phi) is 19.8. The number of aliphatic imine (C=N–C) groups is 3. The summed E-state index contributed by atoms with van der Waals surface area (Å²) in [5.41, 5.74) is 12.8. The summed E-state index contributed by atoms with van der Waals surface area (Å²) < 4.78 is 95.4. The van der Waals surface area contributed by atoms with Crippen LogP contribution in [0.15, 0.2) is 106 Å². The molecule has 1 aliphatic carbocycles. The SMILES string of the molecule is CCC1=C(C)C2=NC1=CC1=C(C)C3=C(O)CC(=C4NC(=CC5=NC(=C2)C(CO)=C5C)[C@@H](C)[C@@H]4CCC(=O)NCCC[Si]24O[Si]5(CC(C)C)O[Si]6(CC(C)C)O[Si](CC(C)C)(O2)O[Si]2(CC(C)C)O[Si](CC(C)C)(O4)O[Si](CC(C)C)(O5)O[Si](CC(C)C)(O6)O2)C3=N1. The highest BCUT2D eigenvalue weighted by atomic mass is 28.6. The number of rotatable bonds is 23. The number of nitrogens with one attached hydrogen (secondary N) is 2. The summed E-state index contributed by atoms with van der Waals surface area (Å²) in [5.74, 6) is 0.199. The minimum atomic E-state index is -4.27. The molecule has 11 aliphatic heterocycles. The monoisotopic (exact) mass is 1390 g/mol. The normalized spacial score (nSPS) is 35.2. The lowest BCUT2D eigenvalue weighted by Crippen LogP contribution is -2.88. The van der Waals surface area contributed by atoms with Gasteiger partial charge in [-0.2, -0.15) is 0 Å². The Hall–Kier alpha value is -2.78. The first-order chi connectivity index (χ1) is 42.7. The number of hydrogen-bond acceptors (Lipinski definition) is 19. The second-order valence-corrected chi connectivity index (χ2v) is 54.2. The Labute approximate surface area is 550 Å². The first kappa shape index (κ1) is 69.6. The molecule has 91 heavy (non-hydrogen) atoms. The average Bonchev–Trinajstić information content (AvgIpc) is 1.54. The van der Waals surface area contributed by atoms with Crippen LogP contribution in [0.1, 0.15) is 164 Å². The number of carbonyl (C=O) groups is 1. The summed E-state index contributed by atoms with van der Waals surface area (Å²) >= 11 is 0. The van der Waals surface area contributed by atoms with Crippen LogP contribution < -0.4 is 10.6 Å². The van der Waals surface area contributed by atoms with Crippen LogP contribution in [0.3, 0.4) is 0 Å². The molecule has 1 amide bonds. The molecule has 0 aromatic carbocycles. The van der Waals surface area contributed by atoms with E-state index < -0.39 is 70.4 Å². The molecule has 0 spiro atoms. The quantitative estimate of drug-likeness (QED) is 0.0551. The fourth-order valence-electron chi connectivity index (χ4n) is 15.1. The van der Waals surface area contributed by atoms with E-state index in [-0.39, 0.29) is 90.5 Å². The van der Waals surface area contributed by atoms with Gasteiger partial charge in [-0.25, -0.2) is 15.0 Å². The summed E-state index contributed by atoms with van der Waals surface area (Å²) in [5, 5.41) is 29.7. The molecule has 7 fully saturated rings. The Bertz CT molecular complexity index is 3160. The number of hydrogen-bond donors (Lipinski definition) is 4. The number of amides is 1. The topological polar surface area (TPSA) is 229 Å². The number of aliphatic hydroxyl groups excluding tert-OH is 2. The van der Waals surface area contributed by atoms with Crippen molar-refractivity contribution in [3.63, 3.8) is 0 Å². The molecule has 502 valence electrons. The Balaban J connectivity index is 0.942. The summed E-state index contributed by atoms with van der Waals surface area (Å²) in [7, 11) is -33.0. The van der Waals surface area contributed by atoms with Gasteiger partial charge in [-0.1, -0.05) is 111 Å². The zero-order valence-corrected chi connectivity index (χ0v) is 65.6. The molecule has 7 saturated heterocycles. The Morgan fingerprint density at radius 3 is 1.37 bits per heavy atom. The van der Waals surface area contributed by atoms with E-state index >= 15 is 0 Å². The molecule has 0 aromatic heterocycles. The van der Waals surface area contributed by atoms with Crippen LogP contribution in [0.2, 0.25) is 48.4 Å². The maximum absolute atomic E-state index is 14.6. The van der Waals surface area contributed by atoms with Gasteiger partial charge in [0, 0.05) is 108 Å². The van der Waals surface area contributed by atoms with Crippen molar-refractivity contribution in [2.24, 2.45) is 68.2 Å². The maximum Gasteiger partial charge on any atom is 0.479 e. The van der Waals surface area contributed by atoms with E-state index in [9.17, 15) is 15.0 Å². The van der Waals surface area contributed by atoms with Crippen molar-refractivity contribution in [1.29, 1.82) is 0 Å². The average molecular weight is 1400 g/mol. The van der Waals surface area contributed by atoms with Gasteiger partial charge in [0.25, 0.3) is 0 Å². The molecular formula is C63H103N5O15Si8. The highest BCUT2D eigenvalue weighted by Crippen LogP contribution is 2.57. The molecule has 4 N–H and O–H groups in total. The lowest BCUT2D eigenvalue weighted by atomic mass is 9.86. The first-order valence-corrected chi connectivity index (χ1v) is 49.4.